The van der Waals surface area contributed by atoms with Crippen LogP contribution in [-0.2, 0) is 14.3 Å². The average molecular weight is 556 g/mol. The highest BCUT2D eigenvalue weighted by molar-refractivity contribution is 5.99. The minimum atomic E-state index is -1.22. The molecule has 0 fully saturated rings. The van der Waals surface area contributed by atoms with Crippen LogP contribution in [0.5, 0.6) is 11.5 Å². The van der Waals surface area contributed by atoms with Crippen LogP contribution < -0.4 is 15.4 Å². The zero-order valence-corrected chi connectivity index (χ0v) is 25.4. The largest absolute Gasteiger partial charge is 0.507 e. The monoisotopic (exact) mass is 555 g/mol. The van der Waals surface area contributed by atoms with Crippen molar-refractivity contribution in [1.82, 2.24) is 10.2 Å². The fourth-order valence-corrected chi connectivity index (χ4v) is 4.34. The van der Waals surface area contributed by atoms with Gasteiger partial charge in [-0.2, -0.15) is 0 Å². The lowest BCUT2D eigenvalue weighted by Crippen LogP contribution is -2.58. The second kappa shape index (κ2) is 13.1. The number of carbonyl (C=O) groups is 3. The lowest BCUT2D eigenvalue weighted by molar-refractivity contribution is -0.147. The van der Waals surface area contributed by atoms with Crippen LogP contribution in [0.4, 0.5) is 10.5 Å². The van der Waals surface area contributed by atoms with Crippen molar-refractivity contribution < 1.29 is 29.0 Å². The number of alkyl carbamates (subject to hydrolysis) is 1. The first kappa shape index (κ1) is 32.5. The van der Waals surface area contributed by atoms with Crippen LogP contribution in [0, 0.1) is 12.8 Å². The van der Waals surface area contributed by atoms with Gasteiger partial charge in [-0.1, -0.05) is 32.0 Å². The highest BCUT2D eigenvalue weighted by atomic mass is 16.6. The molecule has 220 valence electrons. The number of hydrogen-bond donors (Lipinski definition) is 3. The van der Waals surface area contributed by atoms with Gasteiger partial charge in [0.15, 0.2) is 0 Å². The topological polar surface area (TPSA) is 117 Å². The van der Waals surface area contributed by atoms with E-state index in [2.05, 4.69) is 10.6 Å². The van der Waals surface area contributed by atoms with Crippen LogP contribution in [-0.4, -0.2) is 52.2 Å². The van der Waals surface area contributed by atoms with E-state index in [1.54, 1.807) is 77.3 Å². The molecule has 2 aromatic rings. The Balaban J connectivity index is 2.63. The maximum Gasteiger partial charge on any atom is 0.408 e. The van der Waals surface area contributed by atoms with E-state index < -0.39 is 41.1 Å². The molecule has 0 aromatic heterocycles. The zero-order valence-electron chi connectivity index (χ0n) is 25.4. The van der Waals surface area contributed by atoms with E-state index in [4.69, 9.17) is 9.47 Å². The number of anilines is 1. The van der Waals surface area contributed by atoms with Gasteiger partial charge in [-0.3, -0.25) is 9.59 Å². The Hall–Kier alpha value is -3.75. The molecule has 3 N–H and O–H groups in total. The fraction of sp³-hybridized carbons (Fsp3) is 0.516. The van der Waals surface area contributed by atoms with Gasteiger partial charge >= 0.3 is 6.09 Å². The normalized spacial score (nSPS) is 13.3. The van der Waals surface area contributed by atoms with Crippen molar-refractivity contribution in [3.05, 3.63) is 53.6 Å². The third-order valence-corrected chi connectivity index (χ3v) is 6.08. The molecule has 2 rings (SSSR count). The number of hydrogen-bond acceptors (Lipinski definition) is 6. The molecule has 0 radical (unpaired) electrons. The summed E-state index contributed by atoms with van der Waals surface area (Å²) in [5.74, 6) is -0.399. The highest BCUT2D eigenvalue weighted by Crippen LogP contribution is 2.37. The van der Waals surface area contributed by atoms with Crippen LogP contribution in [0.3, 0.4) is 0 Å². The van der Waals surface area contributed by atoms with Crippen LogP contribution in [0.2, 0.25) is 0 Å². The minimum Gasteiger partial charge on any atom is -0.507 e. The van der Waals surface area contributed by atoms with E-state index in [1.807, 2.05) is 34.6 Å². The quantitative estimate of drug-likeness (QED) is 0.352. The number of nitrogens with zero attached hydrogens (tertiary/aromatic N) is 1. The summed E-state index contributed by atoms with van der Waals surface area (Å²) in [6.07, 6.45) is -0.407. The number of rotatable bonds is 9. The van der Waals surface area contributed by atoms with Gasteiger partial charge in [0.05, 0.1) is 7.11 Å². The van der Waals surface area contributed by atoms with Gasteiger partial charge in [-0.05, 0) is 90.6 Å². The van der Waals surface area contributed by atoms with E-state index in [0.29, 0.717) is 23.4 Å². The molecule has 2 atom stereocenters. The molecular formula is C31H45N3O6. The van der Waals surface area contributed by atoms with Crippen molar-refractivity contribution in [2.45, 2.75) is 92.0 Å². The lowest BCUT2D eigenvalue weighted by Gasteiger charge is -2.43. The molecule has 0 aliphatic rings. The number of carbonyl (C=O) groups excluding carboxylic acids is 3. The van der Waals surface area contributed by atoms with Gasteiger partial charge in [0, 0.05) is 16.8 Å². The SMILES string of the molecule is COc1ccc(NC(=O)C(c2cccc(C)c2O)N(C(=O)C(CC(C)C)NC(=O)OC(C)(C)C)C(C)(C)C)cc1. The molecule has 9 heteroatoms. The fourth-order valence-electron chi connectivity index (χ4n) is 4.34. The molecule has 0 heterocycles. The third-order valence-electron chi connectivity index (χ3n) is 6.08. The van der Waals surface area contributed by atoms with Crippen molar-refractivity contribution in [2.75, 3.05) is 12.4 Å². The smallest absolute Gasteiger partial charge is 0.408 e. The van der Waals surface area contributed by atoms with E-state index in [1.165, 1.54) is 4.90 Å². The van der Waals surface area contributed by atoms with E-state index in [0.717, 1.165) is 0 Å². The maximum absolute atomic E-state index is 14.4. The number of aryl methyl sites for hydroxylation is 1. The summed E-state index contributed by atoms with van der Waals surface area (Å²) in [5.41, 5.74) is -0.315. The van der Waals surface area contributed by atoms with Crippen LogP contribution in [0.25, 0.3) is 0 Å². The number of nitrogens with one attached hydrogen (secondary N) is 2. The van der Waals surface area contributed by atoms with Crippen LogP contribution >= 0.6 is 0 Å². The number of amides is 3. The van der Waals surface area contributed by atoms with Crippen molar-refractivity contribution in [3.63, 3.8) is 0 Å². The highest BCUT2D eigenvalue weighted by Gasteiger charge is 2.43. The van der Waals surface area contributed by atoms with Crippen LogP contribution in [0.1, 0.15) is 79.0 Å². The van der Waals surface area contributed by atoms with Gasteiger partial charge in [0.25, 0.3) is 5.91 Å². The average Bonchev–Trinajstić information content (AvgIpc) is 2.82. The van der Waals surface area contributed by atoms with Gasteiger partial charge in [0.1, 0.15) is 29.2 Å². The molecule has 0 aliphatic carbocycles. The third kappa shape index (κ3) is 8.89. The van der Waals surface area contributed by atoms with Crippen molar-refractivity contribution in [2.24, 2.45) is 5.92 Å². The van der Waals surface area contributed by atoms with E-state index in [-0.39, 0.29) is 17.2 Å². The van der Waals surface area contributed by atoms with Gasteiger partial charge in [-0.25, -0.2) is 4.79 Å². The summed E-state index contributed by atoms with van der Waals surface area (Å²) in [5, 5.41) is 16.7. The summed E-state index contributed by atoms with van der Waals surface area (Å²) in [6, 6.07) is 9.71. The Kier molecular flexibility index (Phi) is 10.6. The van der Waals surface area contributed by atoms with E-state index in [9.17, 15) is 19.5 Å². The van der Waals surface area contributed by atoms with Gasteiger partial charge in [0.2, 0.25) is 5.91 Å². The maximum atomic E-state index is 14.4. The molecule has 0 bridgehead atoms. The van der Waals surface area contributed by atoms with E-state index >= 15 is 0 Å². The Morgan fingerprint density at radius 3 is 2.08 bits per heavy atom. The standard InChI is InChI=1S/C31H45N3O6/c1-19(2)18-24(33-29(38)40-31(7,8)9)28(37)34(30(4,5)6)25(23-13-11-12-20(3)26(23)35)27(36)32-21-14-16-22(39-10)17-15-21/h11-17,19,24-25,35H,18H2,1-10H3,(H,32,36)(H,33,38). The zero-order chi connectivity index (χ0) is 30.4. The van der Waals surface area contributed by atoms with Crippen LogP contribution in [0.15, 0.2) is 42.5 Å². The first-order valence-corrected chi connectivity index (χ1v) is 13.5. The Labute approximate surface area is 238 Å². The van der Waals surface area contributed by atoms with Gasteiger partial charge < -0.3 is 30.1 Å². The molecule has 0 spiro atoms. The molecule has 0 aliphatic heterocycles. The molecule has 9 nitrogen and oxygen atoms in total. The van der Waals surface area contributed by atoms with Crippen molar-refractivity contribution >= 4 is 23.6 Å². The summed E-state index contributed by atoms with van der Waals surface area (Å²) < 4.78 is 10.7. The minimum absolute atomic E-state index is 0.0460. The molecular weight excluding hydrogens is 510 g/mol. The number of methoxy groups -OCH3 is 1. The number of para-hydroxylation sites is 1. The predicted molar refractivity (Wildman–Crippen MR) is 156 cm³/mol. The summed E-state index contributed by atoms with van der Waals surface area (Å²) in [6.45, 7) is 16.3. The number of phenolic OH excluding ortho intramolecular Hbond substituents is 1. The Bertz CT molecular complexity index is 1180. The number of ether oxygens (including phenoxy) is 2. The summed E-state index contributed by atoms with van der Waals surface area (Å²) in [4.78, 5) is 42.6. The molecule has 2 unspecified atom stereocenters. The first-order valence-electron chi connectivity index (χ1n) is 13.5. The van der Waals surface area contributed by atoms with Gasteiger partial charge in [-0.15, -0.1) is 0 Å². The molecule has 3 amide bonds. The Morgan fingerprint density at radius 2 is 1.57 bits per heavy atom. The number of phenols is 1. The second-order valence-corrected chi connectivity index (χ2v) is 12.3. The predicted octanol–water partition coefficient (Wildman–Crippen LogP) is 5.96. The first-order chi connectivity index (χ1) is 18.4. The molecule has 40 heavy (non-hydrogen) atoms. The lowest BCUT2D eigenvalue weighted by atomic mass is 9.92. The van der Waals surface area contributed by atoms with Crippen molar-refractivity contribution in [1.29, 1.82) is 0 Å². The van der Waals surface area contributed by atoms with Crippen molar-refractivity contribution in [3.8, 4) is 11.5 Å². The summed E-state index contributed by atoms with van der Waals surface area (Å²) >= 11 is 0. The number of benzene rings is 2. The Morgan fingerprint density at radius 1 is 0.975 bits per heavy atom. The second-order valence-electron chi connectivity index (χ2n) is 12.3. The summed E-state index contributed by atoms with van der Waals surface area (Å²) in [7, 11) is 1.55. The molecule has 0 saturated heterocycles. The molecule has 0 saturated carbocycles. The molecule has 2 aromatic carbocycles. The number of aromatic hydroxyl groups is 1.